The third kappa shape index (κ3) is 3.86. The Balaban J connectivity index is 2.04. The van der Waals surface area contributed by atoms with E-state index in [2.05, 4.69) is 10.1 Å². The van der Waals surface area contributed by atoms with Crippen LogP contribution in [0, 0.1) is 23.3 Å². The number of methoxy groups -OCH3 is 1. The van der Waals surface area contributed by atoms with Crippen molar-refractivity contribution in [3.05, 3.63) is 93.5 Å². The minimum Gasteiger partial charge on any atom is -0.491 e. The molecule has 0 atom stereocenters. The monoisotopic (exact) mass is 437 g/mol. The number of nitrogens with one attached hydrogen (secondary N) is 1. The van der Waals surface area contributed by atoms with E-state index in [9.17, 15) is 27.2 Å². The highest BCUT2D eigenvalue weighted by Crippen LogP contribution is 2.31. The highest BCUT2D eigenvalue weighted by Gasteiger charge is 2.30. The zero-order valence-corrected chi connectivity index (χ0v) is 16.0. The molecular formula is C21H12ClF4NO3. The minimum absolute atomic E-state index is 0.0858. The second-order valence-electron chi connectivity index (χ2n) is 6.00. The summed E-state index contributed by atoms with van der Waals surface area (Å²) in [6.45, 7) is 0. The Morgan fingerprint density at radius 1 is 0.900 bits per heavy atom. The lowest BCUT2D eigenvalue weighted by atomic mass is 10.0. The molecule has 0 aliphatic carbocycles. The molecular weight excluding hydrogens is 426 g/mol. The van der Waals surface area contributed by atoms with Crippen molar-refractivity contribution in [2.45, 2.75) is 0 Å². The first-order valence-corrected chi connectivity index (χ1v) is 8.74. The fourth-order valence-corrected chi connectivity index (χ4v) is 2.91. The molecule has 0 heterocycles. The largest absolute Gasteiger partial charge is 0.491 e. The van der Waals surface area contributed by atoms with Crippen LogP contribution in [0.1, 0.15) is 26.3 Å². The van der Waals surface area contributed by atoms with E-state index in [0.717, 1.165) is 7.11 Å². The Morgan fingerprint density at radius 3 is 2.07 bits per heavy atom. The van der Waals surface area contributed by atoms with Crippen LogP contribution in [0.2, 0.25) is 5.02 Å². The first-order valence-electron chi connectivity index (χ1n) is 8.36. The van der Waals surface area contributed by atoms with Crippen LogP contribution in [0.25, 0.3) is 0 Å². The average Bonchev–Trinajstić information content (AvgIpc) is 2.74. The van der Waals surface area contributed by atoms with Gasteiger partial charge in [0, 0.05) is 16.1 Å². The van der Waals surface area contributed by atoms with E-state index in [0.29, 0.717) is 0 Å². The minimum atomic E-state index is -1.94. The third-order valence-electron chi connectivity index (χ3n) is 4.16. The van der Waals surface area contributed by atoms with Gasteiger partial charge in [-0.1, -0.05) is 41.9 Å². The van der Waals surface area contributed by atoms with Crippen molar-refractivity contribution in [2.75, 3.05) is 12.4 Å². The van der Waals surface area contributed by atoms with Gasteiger partial charge in [0.2, 0.25) is 11.6 Å². The second kappa shape index (κ2) is 8.54. The van der Waals surface area contributed by atoms with Gasteiger partial charge in [0.15, 0.2) is 23.2 Å². The van der Waals surface area contributed by atoms with Crippen LogP contribution in [0.5, 0.6) is 5.75 Å². The van der Waals surface area contributed by atoms with Crippen molar-refractivity contribution >= 4 is 29.0 Å². The summed E-state index contributed by atoms with van der Waals surface area (Å²) < 4.78 is 60.6. The quantitative estimate of drug-likeness (QED) is 0.331. The Hall–Kier alpha value is -3.39. The maximum atomic E-state index is 14.2. The summed E-state index contributed by atoms with van der Waals surface area (Å²) in [5.41, 5.74) is -1.49. The van der Waals surface area contributed by atoms with Gasteiger partial charge < -0.3 is 10.1 Å². The van der Waals surface area contributed by atoms with Gasteiger partial charge in [-0.15, -0.1) is 0 Å². The molecule has 0 saturated carbocycles. The van der Waals surface area contributed by atoms with Gasteiger partial charge >= 0.3 is 0 Å². The number of halogens is 5. The van der Waals surface area contributed by atoms with Gasteiger partial charge in [-0.05, 0) is 18.2 Å². The normalized spacial score (nSPS) is 10.6. The van der Waals surface area contributed by atoms with E-state index in [1.54, 1.807) is 18.2 Å². The molecule has 1 amide bonds. The van der Waals surface area contributed by atoms with E-state index in [1.165, 1.54) is 30.3 Å². The molecule has 4 nitrogen and oxygen atoms in total. The SMILES string of the molecule is COc1c(F)c(F)c(C(=O)Nc2ccc(Cl)cc2C(=O)c2ccccc2)c(F)c1F. The summed E-state index contributed by atoms with van der Waals surface area (Å²) in [6.07, 6.45) is 0. The van der Waals surface area contributed by atoms with Gasteiger partial charge in [0.25, 0.3) is 5.91 Å². The van der Waals surface area contributed by atoms with Crippen molar-refractivity contribution in [2.24, 2.45) is 0 Å². The number of rotatable bonds is 5. The van der Waals surface area contributed by atoms with Crippen LogP contribution in [-0.2, 0) is 0 Å². The van der Waals surface area contributed by atoms with E-state index in [-0.39, 0.29) is 21.8 Å². The topological polar surface area (TPSA) is 55.4 Å². The van der Waals surface area contributed by atoms with Crippen molar-refractivity contribution in [3.63, 3.8) is 0 Å². The van der Waals surface area contributed by atoms with Gasteiger partial charge in [-0.25, -0.2) is 8.78 Å². The molecule has 0 radical (unpaired) electrons. The Labute approximate surface area is 173 Å². The standard InChI is InChI=1S/C21H12ClF4NO3/c1-30-20-17(25)15(23)14(16(24)18(20)26)21(29)27-13-8-7-11(22)9-12(13)19(28)10-5-3-2-4-6-10/h2-9H,1H3,(H,27,29). The molecule has 0 unspecified atom stereocenters. The number of anilines is 1. The number of hydrogen-bond donors (Lipinski definition) is 1. The van der Waals surface area contributed by atoms with E-state index in [4.69, 9.17) is 11.6 Å². The molecule has 0 bridgehead atoms. The van der Waals surface area contributed by atoms with Crippen LogP contribution in [0.4, 0.5) is 23.2 Å². The maximum Gasteiger partial charge on any atom is 0.261 e. The average molecular weight is 438 g/mol. The van der Waals surface area contributed by atoms with Crippen LogP contribution >= 0.6 is 11.6 Å². The molecule has 0 spiro atoms. The lowest BCUT2D eigenvalue weighted by molar-refractivity contribution is 0.101. The number of ether oxygens (including phenoxy) is 1. The predicted molar refractivity (Wildman–Crippen MR) is 102 cm³/mol. The number of carbonyl (C=O) groups is 2. The predicted octanol–water partition coefficient (Wildman–Crippen LogP) is 5.39. The van der Waals surface area contributed by atoms with Gasteiger partial charge in [0.1, 0.15) is 5.56 Å². The molecule has 0 fully saturated rings. The fourth-order valence-electron chi connectivity index (χ4n) is 2.73. The molecule has 0 aliphatic rings. The number of ketones is 1. The summed E-state index contributed by atoms with van der Waals surface area (Å²) in [5.74, 6) is -10.9. The molecule has 1 N–H and O–H groups in total. The second-order valence-corrected chi connectivity index (χ2v) is 6.44. The summed E-state index contributed by atoms with van der Waals surface area (Å²) >= 11 is 5.93. The number of carbonyl (C=O) groups excluding carboxylic acids is 2. The molecule has 0 aromatic heterocycles. The zero-order chi connectivity index (χ0) is 22.0. The number of amides is 1. The van der Waals surface area contributed by atoms with Crippen LogP contribution in [0.15, 0.2) is 48.5 Å². The lowest BCUT2D eigenvalue weighted by Crippen LogP contribution is -2.20. The molecule has 0 aliphatic heterocycles. The van der Waals surface area contributed by atoms with Crippen molar-refractivity contribution in [1.29, 1.82) is 0 Å². The summed E-state index contributed by atoms with van der Waals surface area (Å²) in [6, 6.07) is 11.7. The van der Waals surface area contributed by atoms with Crippen LogP contribution in [0.3, 0.4) is 0 Å². The maximum absolute atomic E-state index is 14.2. The molecule has 30 heavy (non-hydrogen) atoms. The van der Waals surface area contributed by atoms with E-state index >= 15 is 0 Å². The molecule has 3 rings (SSSR count). The lowest BCUT2D eigenvalue weighted by Gasteiger charge is -2.14. The van der Waals surface area contributed by atoms with E-state index in [1.807, 2.05) is 0 Å². The molecule has 9 heteroatoms. The first kappa shape index (κ1) is 21.3. The highest BCUT2D eigenvalue weighted by molar-refractivity contribution is 6.31. The molecule has 3 aromatic carbocycles. The van der Waals surface area contributed by atoms with Crippen molar-refractivity contribution in [3.8, 4) is 5.75 Å². The molecule has 154 valence electrons. The first-order chi connectivity index (χ1) is 14.3. The smallest absolute Gasteiger partial charge is 0.261 e. The van der Waals surface area contributed by atoms with Crippen molar-refractivity contribution in [1.82, 2.24) is 0 Å². The highest BCUT2D eigenvalue weighted by atomic mass is 35.5. The van der Waals surface area contributed by atoms with Crippen LogP contribution in [-0.4, -0.2) is 18.8 Å². The van der Waals surface area contributed by atoms with Crippen LogP contribution < -0.4 is 10.1 Å². The molecule has 0 saturated heterocycles. The van der Waals surface area contributed by atoms with E-state index < -0.39 is 46.3 Å². The van der Waals surface area contributed by atoms with Gasteiger partial charge in [0.05, 0.1) is 12.8 Å². The molecule has 3 aromatic rings. The summed E-state index contributed by atoms with van der Waals surface area (Å²) in [4.78, 5) is 25.2. The Kier molecular flexibility index (Phi) is 6.07. The summed E-state index contributed by atoms with van der Waals surface area (Å²) in [7, 11) is 0.815. The number of benzene rings is 3. The summed E-state index contributed by atoms with van der Waals surface area (Å²) in [5, 5.41) is 2.26. The van der Waals surface area contributed by atoms with Gasteiger partial charge in [-0.2, -0.15) is 8.78 Å². The Morgan fingerprint density at radius 2 is 1.50 bits per heavy atom. The third-order valence-corrected chi connectivity index (χ3v) is 4.40. The fraction of sp³-hybridized carbons (Fsp3) is 0.0476. The van der Waals surface area contributed by atoms with Crippen molar-refractivity contribution < 1.29 is 31.9 Å². The zero-order valence-electron chi connectivity index (χ0n) is 15.2. The Bertz CT molecular complexity index is 1120. The van der Waals surface area contributed by atoms with Gasteiger partial charge in [-0.3, -0.25) is 9.59 Å². The number of hydrogen-bond acceptors (Lipinski definition) is 3.